The second kappa shape index (κ2) is 5.05. The first-order chi connectivity index (χ1) is 11.2. The van der Waals surface area contributed by atoms with E-state index in [0.29, 0.717) is 0 Å². The van der Waals surface area contributed by atoms with Crippen LogP contribution in [0.4, 0.5) is 11.5 Å². The van der Waals surface area contributed by atoms with Crippen LogP contribution in [0, 0.1) is 6.92 Å². The van der Waals surface area contributed by atoms with Crippen molar-refractivity contribution in [1.82, 2.24) is 9.67 Å². The van der Waals surface area contributed by atoms with Gasteiger partial charge in [0.05, 0.1) is 16.0 Å². The zero-order chi connectivity index (χ0) is 16.0. The highest BCUT2D eigenvalue weighted by atomic mass is 15.4. The molecular formula is C18H18N5+. The number of rotatable bonds is 2. The third kappa shape index (κ3) is 2.04. The molecule has 4 rings (SSSR count). The molecule has 5 nitrogen and oxygen atoms in total. The second-order valence-corrected chi connectivity index (χ2v) is 5.73. The van der Waals surface area contributed by atoms with Gasteiger partial charge in [-0.05, 0) is 30.2 Å². The molecule has 2 aromatic carbocycles. The van der Waals surface area contributed by atoms with Gasteiger partial charge in [0.15, 0.2) is 0 Å². The molecule has 2 heterocycles. The van der Waals surface area contributed by atoms with Crippen LogP contribution in [-0.4, -0.2) is 9.67 Å². The first kappa shape index (κ1) is 13.7. The maximum atomic E-state index is 4.56. The van der Waals surface area contributed by atoms with Crippen LogP contribution >= 0.6 is 0 Å². The maximum Gasteiger partial charge on any atom is 0.378 e. The largest absolute Gasteiger partial charge is 0.378 e. The Bertz CT molecular complexity index is 1050. The van der Waals surface area contributed by atoms with E-state index in [1.165, 1.54) is 0 Å². The SMILES string of the molecule is Cc1[nH]c2ccccc2c1N=Nc1c2ccccc2n(C)[n+]1C. The number of hydrogen-bond donors (Lipinski definition) is 1. The normalized spacial score (nSPS) is 12.0. The fourth-order valence-electron chi connectivity index (χ4n) is 3.03. The van der Waals surface area contributed by atoms with Crippen molar-refractivity contribution < 1.29 is 4.68 Å². The minimum absolute atomic E-state index is 0.854. The van der Waals surface area contributed by atoms with Crippen molar-refractivity contribution in [2.24, 2.45) is 24.3 Å². The van der Waals surface area contributed by atoms with Crippen molar-refractivity contribution >= 4 is 33.3 Å². The Morgan fingerprint density at radius 1 is 0.957 bits per heavy atom. The molecule has 0 atom stereocenters. The standard InChI is InChI=1S/C18H17N5/c1-12-17(13-8-4-6-10-15(13)19-12)20-21-18-14-9-5-7-11-16(14)22(2)23(18)3/h4-11H,1-3H3/p+1. The lowest BCUT2D eigenvalue weighted by Crippen LogP contribution is -2.36. The Morgan fingerprint density at radius 3 is 2.48 bits per heavy atom. The Kier molecular flexibility index (Phi) is 3.01. The minimum atomic E-state index is 0.854. The summed E-state index contributed by atoms with van der Waals surface area (Å²) in [5.74, 6) is 0.854. The lowest BCUT2D eigenvalue weighted by Gasteiger charge is -1.93. The number of aromatic nitrogens is 3. The van der Waals surface area contributed by atoms with Crippen LogP contribution in [0.15, 0.2) is 58.8 Å². The molecule has 2 aromatic heterocycles. The average Bonchev–Trinajstić information content (AvgIpc) is 3.01. The van der Waals surface area contributed by atoms with Crippen molar-refractivity contribution in [3.8, 4) is 0 Å². The van der Waals surface area contributed by atoms with E-state index in [1.807, 2.05) is 50.0 Å². The second-order valence-electron chi connectivity index (χ2n) is 5.73. The number of hydrogen-bond acceptors (Lipinski definition) is 2. The van der Waals surface area contributed by atoms with Crippen molar-refractivity contribution in [3.05, 3.63) is 54.2 Å². The van der Waals surface area contributed by atoms with Crippen LogP contribution in [-0.2, 0) is 14.1 Å². The van der Waals surface area contributed by atoms with Crippen LogP contribution in [0.5, 0.6) is 0 Å². The summed E-state index contributed by atoms with van der Waals surface area (Å²) in [6, 6.07) is 16.4. The number of azo groups is 1. The molecule has 0 bridgehead atoms. The van der Waals surface area contributed by atoms with Crippen LogP contribution in [0.25, 0.3) is 21.8 Å². The summed E-state index contributed by atoms with van der Waals surface area (Å²) in [6.07, 6.45) is 0. The minimum Gasteiger partial charge on any atom is -0.357 e. The molecule has 4 aromatic rings. The van der Waals surface area contributed by atoms with Crippen molar-refractivity contribution in [2.45, 2.75) is 6.92 Å². The lowest BCUT2D eigenvalue weighted by atomic mass is 10.2. The van der Waals surface area contributed by atoms with Crippen LogP contribution in [0.2, 0.25) is 0 Å². The number of H-pyrrole nitrogens is 1. The molecule has 23 heavy (non-hydrogen) atoms. The van der Waals surface area contributed by atoms with Gasteiger partial charge in [0.25, 0.3) is 0 Å². The fraction of sp³-hybridized carbons (Fsp3) is 0.167. The van der Waals surface area contributed by atoms with E-state index in [-0.39, 0.29) is 0 Å². The number of fused-ring (bicyclic) bond motifs is 2. The van der Waals surface area contributed by atoms with Gasteiger partial charge >= 0.3 is 5.82 Å². The topological polar surface area (TPSA) is 49.3 Å². The van der Waals surface area contributed by atoms with E-state index in [0.717, 1.165) is 39.0 Å². The number of aromatic amines is 1. The molecule has 0 aliphatic carbocycles. The molecule has 0 fully saturated rings. The first-order valence-corrected chi connectivity index (χ1v) is 7.59. The highest BCUT2D eigenvalue weighted by molar-refractivity contribution is 5.92. The smallest absolute Gasteiger partial charge is 0.357 e. The summed E-state index contributed by atoms with van der Waals surface area (Å²) in [5.41, 5.74) is 4.15. The summed E-state index contributed by atoms with van der Waals surface area (Å²) in [6.45, 7) is 2.03. The van der Waals surface area contributed by atoms with Gasteiger partial charge in [0, 0.05) is 23.6 Å². The monoisotopic (exact) mass is 304 g/mol. The van der Waals surface area contributed by atoms with Crippen molar-refractivity contribution in [3.63, 3.8) is 0 Å². The Labute approximate surface area is 133 Å². The third-order valence-electron chi connectivity index (χ3n) is 4.35. The molecule has 0 radical (unpaired) electrons. The van der Waals surface area contributed by atoms with Gasteiger partial charge < -0.3 is 4.98 Å². The fourth-order valence-corrected chi connectivity index (χ4v) is 3.03. The summed E-state index contributed by atoms with van der Waals surface area (Å²) < 4.78 is 4.09. The van der Waals surface area contributed by atoms with Gasteiger partial charge in [-0.25, -0.2) is 4.68 Å². The average molecular weight is 304 g/mol. The van der Waals surface area contributed by atoms with Gasteiger partial charge in [0.2, 0.25) is 0 Å². The molecule has 0 spiro atoms. The van der Waals surface area contributed by atoms with Gasteiger partial charge in [0.1, 0.15) is 12.7 Å². The van der Waals surface area contributed by atoms with E-state index in [4.69, 9.17) is 0 Å². The summed E-state index contributed by atoms with van der Waals surface area (Å²) in [5, 5.41) is 11.3. The number of benzene rings is 2. The lowest BCUT2D eigenvalue weighted by molar-refractivity contribution is -0.737. The predicted molar refractivity (Wildman–Crippen MR) is 91.3 cm³/mol. The highest BCUT2D eigenvalue weighted by Crippen LogP contribution is 2.32. The molecule has 1 N–H and O–H groups in total. The van der Waals surface area contributed by atoms with E-state index >= 15 is 0 Å². The molecule has 114 valence electrons. The third-order valence-corrected chi connectivity index (χ3v) is 4.35. The highest BCUT2D eigenvalue weighted by Gasteiger charge is 2.19. The number of para-hydroxylation sites is 2. The quantitative estimate of drug-likeness (QED) is 0.426. The van der Waals surface area contributed by atoms with Gasteiger partial charge in [-0.3, -0.25) is 0 Å². The molecule has 0 saturated carbocycles. The number of nitrogens with one attached hydrogen (secondary N) is 1. The maximum absolute atomic E-state index is 4.56. The summed E-state index contributed by atoms with van der Waals surface area (Å²) in [7, 11) is 4.02. The first-order valence-electron chi connectivity index (χ1n) is 7.59. The zero-order valence-corrected chi connectivity index (χ0v) is 13.4. The Morgan fingerprint density at radius 2 is 1.65 bits per heavy atom. The van der Waals surface area contributed by atoms with Crippen molar-refractivity contribution in [2.75, 3.05) is 0 Å². The van der Waals surface area contributed by atoms with Gasteiger partial charge in [-0.1, -0.05) is 30.3 Å². The summed E-state index contributed by atoms with van der Waals surface area (Å²) >= 11 is 0. The molecule has 0 amide bonds. The van der Waals surface area contributed by atoms with Crippen LogP contribution in [0.3, 0.4) is 0 Å². The van der Waals surface area contributed by atoms with Crippen LogP contribution < -0.4 is 4.68 Å². The molecule has 0 aliphatic rings. The van der Waals surface area contributed by atoms with E-state index in [9.17, 15) is 0 Å². The van der Waals surface area contributed by atoms with E-state index in [2.05, 4.69) is 44.2 Å². The van der Waals surface area contributed by atoms with Crippen LogP contribution in [0.1, 0.15) is 5.69 Å². The Balaban J connectivity index is 1.89. The van der Waals surface area contributed by atoms with Crippen molar-refractivity contribution in [1.29, 1.82) is 0 Å². The number of aryl methyl sites for hydroxylation is 2. The Hall–Kier alpha value is -2.95. The zero-order valence-electron chi connectivity index (χ0n) is 13.4. The molecule has 0 aliphatic heterocycles. The van der Waals surface area contributed by atoms with E-state index in [1.54, 1.807) is 0 Å². The molecule has 5 heteroatoms. The number of nitrogens with zero attached hydrogens (tertiary/aromatic N) is 4. The summed E-state index contributed by atoms with van der Waals surface area (Å²) in [4.78, 5) is 3.35. The molecule has 0 saturated heterocycles. The molecular weight excluding hydrogens is 286 g/mol. The molecule has 0 unspecified atom stereocenters. The van der Waals surface area contributed by atoms with Gasteiger partial charge in [-0.15, -0.1) is 0 Å². The van der Waals surface area contributed by atoms with E-state index < -0.39 is 0 Å². The predicted octanol–water partition coefficient (Wildman–Crippen LogP) is 4.21. The van der Waals surface area contributed by atoms with Gasteiger partial charge in [-0.2, -0.15) is 4.68 Å².